The Morgan fingerprint density at radius 2 is 2.21 bits per heavy atom. The summed E-state index contributed by atoms with van der Waals surface area (Å²) in [5.41, 5.74) is 4.34. The van der Waals surface area contributed by atoms with E-state index in [2.05, 4.69) is 30.4 Å². The molecular formula is C13H17N. The lowest BCUT2D eigenvalue weighted by Crippen LogP contribution is -2.23. The predicted octanol–water partition coefficient (Wildman–Crippen LogP) is 3.30. The lowest BCUT2D eigenvalue weighted by Gasteiger charge is -2.29. The molecule has 1 nitrogen and oxygen atoms in total. The second-order valence-corrected chi connectivity index (χ2v) is 4.77. The molecule has 14 heavy (non-hydrogen) atoms. The molecule has 0 amide bonds. The summed E-state index contributed by atoms with van der Waals surface area (Å²) in [5, 5.41) is 3.57. The third-order valence-electron chi connectivity index (χ3n) is 3.82. The van der Waals surface area contributed by atoms with E-state index in [4.69, 9.17) is 0 Å². The summed E-state index contributed by atoms with van der Waals surface area (Å²) in [4.78, 5) is 0. The Morgan fingerprint density at radius 3 is 3.14 bits per heavy atom. The number of nitrogens with one attached hydrogen (secondary N) is 1. The molecule has 1 aromatic rings. The second kappa shape index (κ2) is 3.01. The van der Waals surface area contributed by atoms with Crippen LogP contribution in [0.5, 0.6) is 0 Å². The maximum absolute atomic E-state index is 3.57. The Balaban J connectivity index is 2.05. The number of hydrogen-bond acceptors (Lipinski definition) is 1. The van der Waals surface area contributed by atoms with Crippen LogP contribution in [0, 0.1) is 12.8 Å². The fourth-order valence-electron chi connectivity index (χ4n) is 3.08. The molecule has 3 rings (SSSR count). The van der Waals surface area contributed by atoms with Crippen LogP contribution in [-0.2, 0) is 0 Å². The molecule has 1 heterocycles. The number of rotatable bonds is 0. The molecule has 1 N–H and O–H groups in total. The molecule has 0 radical (unpaired) electrons. The molecule has 0 saturated heterocycles. The Bertz CT molecular complexity index is 356. The van der Waals surface area contributed by atoms with Crippen molar-refractivity contribution in [2.24, 2.45) is 5.92 Å². The van der Waals surface area contributed by atoms with E-state index in [1.807, 2.05) is 0 Å². The van der Waals surface area contributed by atoms with Crippen molar-refractivity contribution in [1.29, 1.82) is 0 Å². The van der Waals surface area contributed by atoms with Gasteiger partial charge in [-0.1, -0.05) is 18.6 Å². The molecular weight excluding hydrogens is 170 g/mol. The molecule has 74 valence electrons. The van der Waals surface area contributed by atoms with E-state index in [-0.39, 0.29) is 0 Å². The van der Waals surface area contributed by atoms with Gasteiger partial charge in [0.2, 0.25) is 0 Å². The molecule has 1 heteroatoms. The maximum Gasteiger partial charge on any atom is 0.0378 e. The SMILES string of the molecule is Cc1ccc2c(c1)NCC1CCCC21. The predicted molar refractivity (Wildman–Crippen MR) is 59.8 cm³/mol. The molecule has 1 fully saturated rings. The van der Waals surface area contributed by atoms with E-state index >= 15 is 0 Å². The number of anilines is 1. The zero-order valence-electron chi connectivity index (χ0n) is 8.72. The highest BCUT2D eigenvalue weighted by atomic mass is 14.9. The van der Waals surface area contributed by atoms with Crippen molar-refractivity contribution in [3.63, 3.8) is 0 Å². The topological polar surface area (TPSA) is 12.0 Å². The van der Waals surface area contributed by atoms with Gasteiger partial charge in [-0.3, -0.25) is 0 Å². The summed E-state index contributed by atoms with van der Waals surface area (Å²) in [6.07, 6.45) is 4.25. The minimum Gasteiger partial charge on any atom is -0.385 e. The molecule has 1 aromatic carbocycles. The average molecular weight is 187 g/mol. The molecule has 1 saturated carbocycles. The molecule has 0 spiro atoms. The van der Waals surface area contributed by atoms with E-state index in [9.17, 15) is 0 Å². The molecule has 0 bridgehead atoms. The fraction of sp³-hybridized carbons (Fsp3) is 0.538. The van der Waals surface area contributed by atoms with Gasteiger partial charge in [-0.25, -0.2) is 0 Å². The first-order valence-electron chi connectivity index (χ1n) is 5.69. The number of fused-ring (bicyclic) bond motifs is 3. The first-order valence-corrected chi connectivity index (χ1v) is 5.69. The van der Waals surface area contributed by atoms with E-state index in [0.29, 0.717) is 0 Å². The highest BCUT2D eigenvalue weighted by Gasteiger charge is 2.32. The van der Waals surface area contributed by atoms with Crippen molar-refractivity contribution in [1.82, 2.24) is 0 Å². The van der Waals surface area contributed by atoms with Crippen LogP contribution < -0.4 is 5.32 Å². The molecule has 2 atom stereocenters. The van der Waals surface area contributed by atoms with Crippen LogP contribution >= 0.6 is 0 Å². The highest BCUT2D eigenvalue weighted by Crippen LogP contribution is 2.45. The summed E-state index contributed by atoms with van der Waals surface area (Å²) in [5.74, 6) is 1.76. The Hall–Kier alpha value is -0.980. The van der Waals surface area contributed by atoms with Gasteiger partial charge in [0.05, 0.1) is 0 Å². The van der Waals surface area contributed by atoms with Crippen LogP contribution in [0.4, 0.5) is 5.69 Å². The minimum atomic E-state index is 0.854. The Morgan fingerprint density at radius 1 is 1.29 bits per heavy atom. The van der Waals surface area contributed by atoms with Crippen LogP contribution in [0.15, 0.2) is 18.2 Å². The summed E-state index contributed by atoms with van der Waals surface area (Å²) in [6, 6.07) is 6.88. The van der Waals surface area contributed by atoms with Gasteiger partial charge in [0.15, 0.2) is 0 Å². The fourth-order valence-corrected chi connectivity index (χ4v) is 3.08. The smallest absolute Gasteiger partial charge is 0.0378 e. The van der Waals surface area contributed by atoms with Crippen LogP contribution in [0.25, 0.3) is 0 Å². The molecule has 0 aromatic heterocycles. The zero-order chi connectivity index (χ0) is 9.54. The lowest BCUT2D eigenvalue weighted by atomic mass is 9.84. The van der Waals surface area contributed by atoms with Crippen molar-refractivity contribution < 1.29 is 0 Å². The van der Waals surface area contributed by atoms with Gasteiger partial charge >= 0.3 is 0 Å². The van der Waals surface area contributed by atoms with Gasteiger partial charge in [-0.15, -0.1) is 0 Å². The molecule has 2 unspecified atom stereocenters. The Kier molecular flexibility index (Phi) is 1.79. The molecule has 2 aliphatic rings. The van der Waals surface area contributed by atoms with Gasteiger partial charge < -0.3 is 5.32 Å². The van der Waals surface area contributed by atoms with Crippen molar-refractivity contribution in [2.75, 3.05) is 11.9 Å². The van der Waals surface area contributed by atoms with Crippen molar-refractivity contribution in [3.8, 4) is 0 Å². The largest absolute Gasteiger partial charge is 0.385 e. The average Bonchev–Trinajstić information content (AvgIpc) is 2.65. The number of benzene rings is 1. The lowest BCUT2D eigenvalue weighted by molar-refractivity contribution is 0.495. The van der Waals surface area contributed by atoms with Gasteiger partial charge in [-0.2, -0.15) is 0 Å². The zero-order valence-corrected chi connectivity index (χ0v) is 8.72. The number of aryl methyl sites for hydroxylation is 1. The van der Waals surface area contributed by atoms with E-state index < -0.39 is 0 Å². The standard InChI is InChI=1S/C13H17N/c1-9-5-6-12-11-4-2-3-10(11)8-14-13(12)7-9/h5-7,10-11,14H,2-4,8H2,1H3. The van der Waals surface area contributed by atoms with Crippen molar-refractivity contribution >= 4 is 5.69 Å². The van der Waals surface area contributed by atoms with Crippen molar-refractivity contribution in [3.05, 3.63) is 29.3 Å². The van der Waals surface area contributed by atoms with E-state index in [0.717, 1.165) is 11.8 Å². The Labute approximate surface area is 85.5 Å². The highest BCUT2D eigenvalue weighted by molar-refractivity contribution is 5.57. The van der Waals surface area contributed by atoms with Crippen LogP contribution in [0.3, 0.4) is 0 Å². The van der Waals surface area contributed by atoms with Gasteiger partial charge in [0.1, 0.15) is 0 Å². The molecule has 1 aliphatic carbocycles. The second-order valence-electron chi connectivity index (χ2n) is 4.77. The van der Waals surface area contributed by atoms with Gasteiger partial charge in [-0.05, 0) is 48.8 Å². The first-order chi connectivity index (χ1) is 6.84. The number of hydrogen-bond donors (Lipinski definition) is 1. The third-order valence-corrected chi connectivity index (χ3v) is 3.82. The van der Waals surface area contributed by atoms with Crippen LogP contribution in [-0.4, -0.2) is 6.54 Å². The van der Waals surface area contributed by atoms with Crippen molar-refractivity contribution in [2.45, 2.75) is 32.1 Å². The third kappa shape index (κ3) is 1.15. The summed E-state index contributed by atoms with van der Waals surface area (Å²) < 4.78 is 0. The van der Waals surface area contributed by atoms with Gasteiger partial charge in [0, 0.05) is 12.2 Å². The quantitative estimate of drug-likeness (QED) is 0.657. The van der Waals surface area contributed by atoms with Crippen LogP contribution in [0.1, 0.15) is 36.3 Å². The van der Waals surface area contributed by atoms with E-state index in [1.54, 1.807) is 5.56 Å². The monoisotopic (exact) mass is 187 g/mol. The normalized spacial score (nSPS) is 29.2. The van der Waals surface area contributed by atoms with E-state index in [1.165, 1.54) is 37.1 Å². The summed E-state index contributed by atoms with van der Waals surface area (Å²) >= 11 is 0. The molecule has 1 aliphatic heterocycles. The summed E-state index contributed by atoms with van der Waals surface area (Å²) in [7, 11) is 0. The van der Waals surface area contributed by atoms with Gasteiger partial charge in [0.25, 0.3) is 0 Å². The minimum absolute atomic E-state index is 0.854. The van der Waals surface area contributed by atoms with Crippen LogP contribution in [0.2, 0.25) is 0 Å². The maximum atomic E-state index is 3.57. The first kappa shape index (κ1) is 8.34. The summed E-state index contributed by atoms with van der Waals surface area (Å²) in [6.45, 7) is 3.36.